The Kier molecular flexibility index (Phi) is 2.59. The molecular formula is C11H18N2O. The molecule has 0 aromatic carbocycles. The van der Waals surface area contributed by atoms with Crippen LogP contribution in [0.5, 0.6) is 0 Å². The highest BCUT2D eigenvalue weighted by Gasteiger charge is 2.27. The first-order chi connectivity index (χ1) is 6.70. The molecule has 2 aliphatic rings. The number of nitrogens with one attached hydrogen (secondary N) is 1. The molecule has 0 atom stereocenters. The molecule has 1 saturated carbocycles. The molecule has 0 spiro atoms. The van der Waals surface area contributed by atoms with Gasteiger partial charge in [0.05, 0.1) is 0 Å². The van der Waals surface area contributed by atoms with Crippen LogP contribution < -0.4 is 5.32 Å². The van der Waals surface area contributed by atoms with Crippen molar-refractivity contribution in [3.8, 4) is 0 Å². The summed E-state index contributed by atoms with van der Waals surface area (Å²) < 4.78 is 0. The number of hydrogen-bond acceptors (Lipinski definition) is 2. The van der Waals surface area contributed by atoms with Crippen molar-refractivity contribution >= 4 is 5.91 Å². The molecule has 0 unspecified atom stereocenters. The third-order valence-corrected chi connectivity index (χ3v) is 3.47. The predicted octanol–water partition coefficient (Wildman–Crippen LogP) is 0.917. The molecular weight excluding hydrogens is 176 g/mol. The van der Waals surface area contributed by atoms with Gasteiger partial charge in [-0.15, -0.1) is 0 Å². The summed E-state index contributed by atoms with van der Waals surface area (Å²) in [5.74, 6) is 0.228. The Balaban J connectivity index is 1.99. The fraction of sp³-hybridized carbons (Fsp3) is 0.727. The minimum atomic E-state index is 0.228. The van der Waals surface area contributed by atoms with Crippen molar-refractivity contribution < 1.29 is 4.79 Å². The highest BCUT2D eigenvalue weighted by molar-refractivity contribution is 5.94. The second-order valence-electron chi connectivity index (χ2n) is 4.33. The SMILES string of the molecule is CC(C(=O)N(C)C1CCC1)=C1CNC1. The number of nitrogens with zero attached hydrogens (tertiary/aromatic N) is 1. The van der Waals surface area contributed by atoms with Crippen molar-refractivity contribution in [2.45, 2.75) is 32.2 Å². The van der Waals surface area contributed by atoms with E-state index in [0.717, 1.165) is 18.7 Å². The van der Waals surface area contributed by atoms with E-state index >= 15 is 0 Å². The summed E-state index contributed by atoms with van der Waals surface area (Å²) in [6, 6.07) is 0.506. The van der Waals surface area contributed by atoms with Crippen LogP contribution in [-0.2, 0) is 4.79 Å². The van der Waals surface area contributed by atoms with Gasteiger partial charge in [-0.2, -0.15) is 0 Å². The van der Waals surface area contributed by atoms with Crippen LogP contribution in [0.25, 0.3) is 0 Å². The van der Waals surface area contributed by atoms with Crippen molar-refractivity contribution in [3.05, 3.63) is 11.1 Å². The largest absolute Gasteiger partial charge is 0.339 e. The Bertz CT molecular complexity index is 273. The summed E-state index contributed by atoms with van der Waals surface area (Å²) >= 11 is 0. The summed E-state index contributed by atoms with van der Waals surface area (Å²) in [6.45, 7) is 3.75. The van der Waals surface area contributed by atoms with E-state index < -0.39 is 0 Å². The van der Waals surface area contributed by atoms with Crippen molar-refractivity contribution in [1.82, 2.24) is 10.2 Å². The lowest BCUT2D eigenvalue weighted by Crippen LogP contribution is -2.44. The first-order valence-electron chi connectivity index (χ1n) is 5.36. The number of hydrogen-bond donors (Lipinski definition) is 1. The molecule has 1 aliphatic heterocycles. The maximum absolute atomic E-state index is 12.0. The van der Waals surface area contributed by atoms with Crippen LogP contribution in [0.15, 0.2) is 11.1 Å². The Morgan fingerprint density at radius 3 is 2.43 bits per heavy atom. The molecule has 1 aliphatic carbocycles. The third kappa shape index (κ3) is 1.57. The van der Waals surface area contributed by atoms with Gasteiger partial charge in [-0.05, 0) is 31.8 Å². The van der Waals surface area contributed by atoms with Crippen LogP contribution in [-0.4, -0.2) is 37.0 Å². The molecule has 3 heteroatoms. The summed E-state index contributed by atoms with van der Waals surface area (Å²) in [5.41, 5.74) is 2.24. The normalized spacial score (nSPS) is 21.1. The van der Waals surface area contributed by atoms with E-state index in [9.17, 15) is 4.79 Å². The van der Waals surface area contributed by atoms with Gasteiger partial charge in [-0.1, -0.05) is 0 Å². The van der Waals surface area contributed by atoms with E-state index in [4.69, 9.17) is 0 Å². The first kappa shape index (κ1) is 9.71. The second kappa shape index (κ2) is 3.73. The van der Waals surface area contributed by atoms with Gasteiger partial charge in [0, 0.05) is 31.8 Å². The Hall–Kier alpha value is -0.830. The van der Waals surface area contributed by atoms with Gasteiger partial charge >= 0.3 is 0 Å². The minimum absolute atomic E-state index is 0.228. The Morgan fingerprint density at radius 2 is 2.07 bits per heavy atom. The maximum Gasteiger partial charge on any atom is 0.249 e. The quantitative estimate of drug-likeness (QED) is 0.663. The molecule has 0 aromatic heterocycles. The van der Waals surface area contributed by atoms with E-state index in [2.05, 4.69) is 5.32 Å². The van der Waals surface area contributed by atoms with Crippen LogP contribution in [0.3, 0.4) is 0 Å². The average molecular weight is 194 g/mol. The average Bonchev–Trinajstić information content (AvgIpc) is 1.96. The van der Waals surface area contributed by atoms with E-state index in [0.29, 0.717) is 6.04 Å². The molecule has 0 aromatic rings. The zero-order valence-corrected chi connectivity index (χ0v) is 8.97. The van der Waals surface area contributed by atoms with E-state index in [1.165, 1.54) is 24.8 Å². The Morgan fingerprint density at radius 1 is 1.43 bits per heavy atom. The minimum Gasteiger partial charge on any atom is -0.339 e. The number of carbonyl (C=O) groups is 1. The van der Waals surface area contributed by atoms with E-state index in [1.807, 2.05) is 18.9 Å². The molecule has 2 rings (SSSR count). The first-order valence-corrected chi connectivity index (χ1v) is 5.36. The van der Waals surface area contributed by atoms with Crippen LogP contribution in [0.2, 0.25) is 0 Å². The molecule has 0 bridgehead atoms. The van der Waals surface area contributed by atoms with Crippen molar-refractivity contribution in [2.24, 2.45) is 0 Å². The fourth-order valence-electron chi connectivity index (χ4n) is 1.87. The lowest BCUT2D eigenvalue weighted by Gasteiger charge is -2.35. The highest BCUT2D eigenvalue weighted by atomic mass is 16.2. The van der Waals surface area contributed by atoms with E-state index in [-0.39, 0.29) is 5.91 Å². The van der Waals surface area contributed by atoms with Gasteiger partial charge in [0.1, 0.15) is 0 Å². The zero-order valence-electron chi connectivity index (χ0n) is 8.97. The van der Waals surface area contributed by atoms with Gasteiger partial charge < -0.3 is 10.2 Å². The van der Waals surface area contributed by atoms with E-state index in [1.54, 1.807) is 0 Å². The molecule has 3 nitrogen and oxygen atoms in total. The van der Waals surface area contributed by atoms with Gasteiger partial charge in [0.2, 0.25) is 5.91 Å². The lowest BCUT2D eigenvalue weighted by atomic mass is 9.91. The smallest absolute Gasteiger partial charge is 0.249 e. The molecule has 2 fully saturated rings. The Labute approximate surface area is 85.2 Å². The van der Waals surface area contributed by atoms with Crippen LogP contribution in [0, 0.1) is 0 Å². The van der Waals surface area contributed by atoms with Crippen molar-refractivity contribution in [2.75, 3.05) is 20.1 Å². The van der Waals surface area contributed by atoms with Gasteiger partial charge in [0.25, 0.3) is 0 Å². The lowest BCUT2D eigenvalue weighted by molar-refractivity contribution is -0.129. The fourth-order valence-corrected chi connectivity index (χ4v) is 1.87. The summed E-state index contributed by atoms with van der Waals surface area (Å²) in [4.78, 5) is 13.9. The van der Waals surface area contributed by atoms with Gasteiger partial charge in [-0.3, -0.25) is 4.79 Å². The van der Waals surface area contributed by atoms with Crippen molar-refractivity contribution in [1.29, 1.82) is 0 Å². The van der Waals surface area contributed by atoms with Crippen LogP contribution in [0.1, 0.15) is 26.2 Å². The second-order valence-corrected chi connectivity index (χ2v) is 4.33. The predicted molar refractivity (Wildman–Crippen MR) is 56.0 cm³/mol. The molecule has 0 radical (unpaired) electrons. The molecule has 78 valence electrons. The van der Waals surface area contributed by atoms with Gasteiger partial charge in [0.15, 0.2) is 0 Å². The third-order valence-electron chi connectivity index (χ3n) is 3.47. The summed E-state index contributed by atoms with van der Waals surface area (Å²) in [6.07, 6.45) is 3.64. The topological polar surface area (TPSA) is 32.3 Å². The zero-order chi connectivity index (χ0) is 10.1. The molecule has 1 N–H and O–H groups in total. The summed E-state index contributed by atoms with van der Waals surface area (Å²) in [7, 11) is 1.93. The number of rotatable bonds is 2. The van der Waals surface area contributed by atoms with Crippen LogP contribution in [0.4, 0.5) is 0 Å². The molecule has 14 heavy (non-hydrogen) atoms. The molecule has 1 amide bonds. The standard InChI is InChI=1S/C11H18N2O/c1-8(9-6-12-7-9)11(14)13(2)10-4-3-5-10/h10,12H,3-7H2,1-2H3. The highest BCUT2D eigenvalue weighted by Crippen LogP contribution is 2.25. The molecule has 1 heterocycles. The monoisotopic (exact) mass is 194 g/mol. The maximum atomic E-state index is 12.0. The summed E-state index contributed by atoms with van der Waals surface area (Å²) in [5, 5.41) is 3.16. The number of likely N-dealkylation sites (N-methyl/N-ethyl adjacent to an activating group) is 1. The molecule has 1 saturated heterocycles. The number of amides is 1. The number of carbonyl (C=O) groups excluding carboxylic acids is 1. The van der Waals surface area contributed by atoms with Crippen molar-refractivity contribution in [3.63, 3.8) is 0 Å². The van der Waals surface area contributed by atoms with Crippen LogP contribution >= 0.6 is 0 Å². The van der Waals surface area contributed by atoms with Gasteiger partial charge in [-0.25, -0.2) is 0 Å².